The van der Waals surface area contributed by atoms with E-state index >= 15 is 0 Å². The normalized spacial score (nSPS) is 24.8. The molecular formula is C16H22N4O2. The molecular weight excluding hydrogens is 280 g/mol. The van der Waals surface area contributed by atoms with E-state index in [1.807, 2.05) is 12.1 Å². The van der Waals surface area contributed by atoms with E-state index in [9.17, 15) is 10.1 Å². The summed E-state index contributed by atoms with van der Waals surface area (Å²) in [7, 11) is 0. The fraction of sp³-hybridized carbons (Fsp3) is 0.625. The zero-order chi connectivity index (χ0) is 15.2. The van der Waals surface area contributed by atoms with Crippen molar-refractivity contribution < 1.29 is 4.92 Å². The predicted octanol–water partition coefficient (Wildman–Crippen LogP) is 1.47. The van der Waals surface area contributed by atoms with Crippen LogP contribution in [0.2, 0.25) is 0 Å². The van der Waals surface area contributed by atoms with Crippen LogP contribution < -0.4 is 10.2 Å². The Kier molecular flexibility index (Phi) is 3.31. The smallest absolute Gasteiger partial charge is 0.269 e. The lowest BCUT2D eigenvalue weighted by molar-refractivity contribution is -0.384. The highest BCUT2D eigenvalue weighted by atomic mass is 16.6. The minimum absolute atomic E-state index is 0.166. The molecule has 0 unspecified atom stereocenters. The molecule has 3 saturated heterocycles. The molecule has 0 radical (unpaired) electrons. The van der Waals surface area contributed by atoms with Gasteiger partial charge in [-0.2, -0.15) is 0 Å². The van der Waals surface area contributed by atoms with Gasteiger partial charge in [0.15, 0.2) is 0 Å². The van der Waals surface area contributed by atoms with Crippen LogP contribution in [-0.2, 0) is 0 Å². The summed E-state index contributed by atoms with van der Waals surface area (Å²) in [5.74, 6) is 0. The largest absolute Gasteiger partial charge is 0.370 e. The van der Waals surface area contributed by atoms with Crippen molar-refractivity contribution in [3.8, 4) is 0 Å². The zero-order valence-electron chi connectivity index (χ0n) is 12.7. The zero-order valence-corrected chi connectivity index (χ0v) is 12.7. The van der Waals surface area contributed by atoms with Crippen LogP contribution in [0.5, 0.6) is 0 Å². The minimum Gasteiger partial charge on any atom is -0.370 e. The molecule has 4 rings (SSSR count). The first-order valence-electron chi connectivity index (χ1n) is 8.09. The van der Waals surface area contributed by atoms with Crippen molar-refractivity contribution >= 4 is 11.4 Å². The maximum absolute atomic E-state index is 10.7. The molecule has 3 aliphatic heterocycles. The number of hydrogen-bond donors (Lipinski definition) is 1. The second kappa shape index (κ2) is 5.21. The second-order valence-corrected chi connectivity index (χ2v) is 7.02. The average molecular weight is 302 g/mol. The molecule has 1 aromatic carbocycles. The molecule has 0 saturated carbocycles. The highest BCUT2D eigenvalue weighted by molar-refractivity contribution is 5.54. The van der Waals surface area contributed by atoms with Gasteiger partial charge in [0.05, 0.1) is 4.92 Å². The summed E-state index contributed by atoms with van der Waals surface area (Å²) in [6, 6.07) is 7.72. The summed E-state index contributed by atoms with van der Waals surface area (Å²) < 4.78 is 0. The topological polar surface area (TPSA) is 61.7 Å². The summed E-state index contributed by atoms with van der Waals surface area (Å²) in [5.41, 5.74) is 1.75. The van der Waals surface area contributed by atoms with Crippen molar-refractivity contribution in [3.05, 3.63) is 34.4 Å². The molecule has 118 valence electrons. The van der Waals surface area contributed by atoms with Crippen LogP contribution in [-0.4, -0.2) is 55.1 Å². The van der Waals surface area contributed by atoms with E-state index in [-0.39, 0.29) is 10.6 Å². The summed E-state index contributed by atoms with van der Waals surface area (Å²) in [6.45, 7) is 6.94. The van der Waals surface area contributed by atoms with Gasteiger partial charge in [0.1, 0.15) is 0 Å². The molecule has 0 amide bonds. The lowest BCUT2D eigenvalue weighted by atomic mass is 9.71. The molecule has 3 heterocycles. The van der Waals surface area contributed by atoms with E-state index in [0.717, 1.165) is 37.9 Å². The molecule has 6 nitrogen and oxygen atoms in total. The Morgan fingerprint density at radius 1 is 1.09 bits per heavy atom. The molecule has 0 aromatic heterocycles. The number of anilines is 1. The molecule has 1 N–H and O–H groups in total. The molecule has 1 spiro atoms. The number of nitro groups is 1. The first-order valence-corrected chi connectivity index (χ1v) is 8.09. The van der Waals surface area contributed by atoms with E-state index < -0.39 is 0 Å². The number of benzene rings is 1. The predicted molar refractivity (Wildman–Crippen MR) is 85.2 cm³/mol. The number of piperidine rings is 1. The summed E-state index contributed by atoms with van der Waals surface area (Å²) in [4.78, 5) is 15.3. The van der Waals surface area contributed by atoms with Gasteiger partial charge in [-0.3, -0.25) is 15.0 Å². The van der Waals surface area contributed by atoms with E-state index in [0.29, 0.717) is 5.41 Å². The van der Waals surface area contributed by atoms with Gasteiger partial charge in [-0.25, -0.2) is 0 Å². The number of likely N-dealkylation sites (tertiary alicyclic amines) is 1. The number of nitrogens with one attached hydrogen (secondary N) is 1. The van der Waals surface area contributed by atoms with Gasteiger partial charge in [0.2, 0.25) is 0 Å². The first-order chi connectivity index (χ1) is 10.7. The van der Waals surface area contributed by atoms with Crippen molar-refractivity contribution in [1.29, 1.82) is 0 Å². The summed E-state index contributed by atoms with van der Waals surface area (Å²) in [6.07, 6.45) is 2.56. The Balaban J connectivity index is 1.30. The molecule has 6 heteroatoms. The third-order valence-corrected chi connectivity index (χ3v) is 5.38. The van der Waals surface area contributed by atoms with Crippen molar-refractivity contribution in [1.82, 2.24) is 10.2 Å². The second-order valence-electron chi connectivity index (χ2n) is 7.02. The van der Waals surface area contributed by atoms with E-state index in [1.54, 1.807) is 12.1 Å². The third kappa shape index (κ3) is 2.36. The van der Waals surface area contributed by atoms with Crippen molar-refractivity contribution in [2.75, 3.05) is 44.2 Å². The van der Waals surface area contributed by atoms with Crippen molar-refractivity contribution in [3.63, 3.8) is 0 Å². The standard InChI is InChI=1S/C16H22N4O2/c21-20(22)15-3-1-13(2-4-15)18-9-16(10-18)11-19(12-16)14-5-7-17-8-6-14/h1-4,14,17H,5-12H2. The minimum atomic E-state index is -0.343. The van der Waals surface area contributed by atoms with E-state index in [4.69, 9.17) is 0 Å². The first kappa shape index (κ1) is 14.0. The summed E-state index contributed by atoms with van der Waals surface area (Å²) >= 11 is 0. The molecule has 0 aliphatic carbocycles. The lowest BCUT2D eigenvalue weighted by Gasteiger charge is -2.63. The highest BCUT2D eigenvalue weighted by Crippen LogP contribution is 2.43. The molecule has 22 heavy (non-hydrogen) atoms. The maximum Gasteiger partial charge on any atom is 0.269 e. The van der Waals surface area contributed by atoms with Gasteiger partial charge in [-0.05, 0) is 38.1 Å². The monoisotopic (exact) mass is 302 g/mol. The van der Waals surface area contributed by atoms with E-state index in [1.165, 1.54) is 25.9 Å². The molecule has 3 fully saturated rings. The summed E-state index contributed by atoms with van der Waals surface area (Å²) in [5, 5.41) is 14.1. The van der Waals surface area contributed by atoms with Crippen LogP contribution in [0.25, 0.3) is 0 Å². The lowest BCUT2D eigenvalue weighted by Crippen LogP contribution is -2.74. The fourth-order valence-electron chi connectivity index (χ4n) is 4.18. The maximum atomic E-state index is 10.7. The van der Waals surface area contributed by atoms with Crippen molar-refractivity contribution in [2.45, 2.75) is 18.9 Å². The van der Waals surface area contributed by atoms with Gasteiger partial charge in [0.25, 0.3) is 5.69 Å². The van der Waals surface area contributed by atoms with Gasteiger partial charge in [0, 0.05) is 55.5 Å². The quantitative estimate of drug-likeness (QED) is 0.677. The Bertz CT molecular complexity index is 554. The van der Waals surface area contributed by atoms with Gasteiger partial charge >= 0.3 is 0 Å². The third-order valence-electron chi connectivity index (χ3n) is 5.38. The highest BCUT2D eigenvalue weighted by Gasteiger charge is 2.53. The van der Waals surface area contributed by atoms with Gasteiger partial charge in [-0.1, -0.05) is 0 Å². The Labute approximate surface area is 130 Å². The van der Waals surface area contributed by atoms with Gasteiger partial charge in [-0.15, -0.1) is 0 Å². The fourth-order valence-corrected chi connectivity index (χ4v) is 4.18. The Morgan fingerprint density at radius 2 is 1.73 bits per heavy atom. The van der Waals surface area contributed by atoms with Crippen LogP contribution in [0.15, 0.2) is 24.3 Å². The van der Waals surface area contributed by atoms with Crippen LogP contribution in [0.1, 0.15) is 12.8 Å². The Morgan fingerprint density at radius 3 is 2.32 bits per heavy atom. The van der Waals surface area contributed by atoms with Crippen LogP contribution in [0.4, 0.5) is 11.4 Å². The number of nitro benzene ring substituents is 1. The average Bonchev–Trinajstić information content (AvgIpc) is 2.46. The van der Waals surface area contributed by atoms with Crippen LogP contribution in [0.3, 0.4) is 0 Å². The number of non-ortho nitro benzene ring substituents is 1. The van der Waals surface area contributed by atoms with Crippen LogP contribution in [0, 0.1) is 15.5 Å². The molecule has 0 bridgehead atoms. The van der Waals surface area contributed by atoms with E-state index in [2.05, 4.69) is 15.1 Å². The number of hydrogen-bond acceptors (Lipinski definition) is 5. The number of nitrogens with zero attached hydrogens (tertiary/aromatic N) is 3. The van der Waals surface area contributed by atoms with Gasteiger partial charge < -0.3 is 10.2 Å². The van der Waals surface area contributed by atoms with Crippen molar-refractivity contribution in [2.24, 2.45) is 5.41 Å². The number of rotatable bonds is 3. The SMILES string of the molecule is O=[N+]([O-])c1ccc(N2CC3(C2)CN(C2CCNCC2)C3)cc1. The molecule has 3 aliphatic rings. The molecule has 0 atom stereocenters. The van der Waals surface area contributed by atoms with Crippen LogP contribution >= 0.6 is 0 Å². The Hall–Kier alpha value is -1.66. The molecule has 1 aromatic rings.